The number of rotatable bonds is 1. The van der Waals surface area contributed by atoms with Crippen molar-refractivity contribution < 1.29 is 27.4 Å². The van der Waals surface area contributed by atoms with Crippen LogP contribution in [0.25, 0.3) is 0 Å². The summed E-state index contributed by atoms with van der Waals surface area (Å²) in [6, 6.07) is 4.97. The van der Waals surface area contributed by atoms with Gasteiger partial charge in [0.05, 0.1) is 40.9 Å². The second-order valence-corrected chi connectivity index (χ2v) is 8.52. The van der Waals surface area contributed by atoms with Crippen LogP contribution in [0.1, 0.15) is 37.8 Å². The fourth-order valence-electron chi connectivity index (χ4n) is 5.93. The monoisotopic (exact) mass is 392 g/mol. The summed E-state index contributed by atoms with van der Waals surface area (Å²) in [6.07, 6.45) is -3.81. The van der Waals surface area contributed by atoms with Crippen molar-refractivity contribution in [2.45, 2.75) is 50.3 Å². The van der Waals surface area contributed by atoms with E-state index < -0.39 is 40.7 Å². The largest absolute Gasteiger partial charge is 0.417 e. The molecule has 4 heterocycles. The van der Waals surface area contributed by atoms with Crippen LogP contribution in [0, 0.1) is 29.1 Å². The summed E-state index contributed by atoms with van der Waals surface area (Å²) >= 11 is 0. The van der Waals surface area contributed by atoms with Crippen LogP contribution in [-0.4, -0.2) is 29.9 Å². The topological polar surface area (TPSA) is 62.6 Å². The van der Waals surface area contributed by atoms with E-state index in [9.17, 15) is 18.0 Å². The fraction of sp³-hybridized carbons (Fsp3) is 0.600. The van der Waals surface area contributed by atoms with Crippen LogP contribution in [0.4, 0.5) is 18.9 Å². The SMILES string of the molecule is C[C@@H]1C[C@@]23CCO[C@H]4[C@@H]2[C@H](C(=O)N4c2ccc(C#N)c(C(F)(F)F)c2)[C@]1(C)O3. The van der Waals surface area contributed by atoms with E-state index in [1.54, 1.807) is 6.07 Å². The van der Waals surface area contributed by atoms with Crippen molar-refractivity contribution in [2.24, 2.45) is 17.8 Å². The van der Waals surface area contributed by atoms with Crippen molar-refractivity contribution in [3.63, 3.8) is 0 Å². The van der Waals surface area contributed by atoms with Gasteiger partial charge in [0, 0.05) is 18.0 Å². The van der Waals surface area contributed by atoms with Crippen LogP contribution in [-0.2, 0) is 20.4 Å². The van der Waals surface area contributed by atoms with E-state index in [1.807, 2.05) is 6.92 Å². The second-order valence-electron chi connectivity index (χ2n) is 8.52. The maximum atomic E-state index is 13.4. The molecule has 4 aliphatic rings. The van der Waals surface area contributed by atoms with E-state index in [-0.39, 0.29) is 23.4 Å². The molecule has 0 aromatic heterocycles. The Kier molecular flexibility index (Phi) is 3.38. The summed E-state index contributed by atoms with van der Waals surface area (Å²) in [5.41, 5.74) is -2.48. The Bertz CT molecular complexity index is 926. The lowest BCUT2D eigenvalue weighted by Crippen LogP contribution is -2.51. The molecule has 0 N–H and O–H groups in total. The standard InChI is InChI=1S/C20H19F3N2O3/c1-10-8-19-5-6-27-17-15(19)14(18(10,2)28-19)16(26)25(17)12-4-3-11(9-24)13(7-12)20(21,22)23/h3-4,7,10,14-15,17H,5-6,8H2,1-2H3/t10-,14-,15+,17+,18-,19+/m1/s1. The van der Waals surface area contributed by atoms with Crippen molar-refractivity contribution in [3.8, 4) is 6.07 Å². The number of alkyl halides is 3. The van der Waals surface area contributed by atoms with Gasteiger partial charge < -0.3 is 9.47 Å². The van der Waals surface area contributed by atoms with Crippen LogP contribution in [0.15, 0.2) is 18.2 Å². The third-order valence-corrected chi connectivity index (χ3v) is 7.22. The Balaban J connectivity index is 1.62. The fourth-order valence-corrected chi connectivity index (χ4v) is 5.93. The van der Waals surface area contributed by atoms with Gasteiger partial charge >= 0.3 is 6.18 Å². The number of halogens is 3. The van der Waals surface area contributed by atoms with Crippen LogP contribution in [0.5, 0.6) is 0 Å². The van der Waals surface area contributed by atoms with Crippen molar-refractivity contribution in [3.05, 3.63) is 29.3 Å². The highest BCUT2D eigenvalue weighted by Crippen LogP contribution is 2.67. The van der Waals surface area contributed by atoms with E-state index in [0.717, 1.165) is 18.6 Å². The highest BCUT2D eigenvalue weighted by atomic mass is 19.4. The number of nitriles is 1. The van der Waals surface area contributed by atoms with Gasteiger partial charge in [0.15, 0.2) is 0 Å². The lowest BCUT2D eigenvalue weighted by Gasteiger charge is -2.42. The van der Waals surface area contributed by atoms with E-state index >= 15 is 0 Å². The number of ether oxygens (including phenoxy) is 2. The van der Waals surface area contributed by atoms with Crippen LogP contribution in [0.3, 0.4) is 0 Å². The quantitative estimate of drug-likeness (QED) is 0.734. The Labute approximate surface area is 160 Å². The molecule has 0 radical (unpaired) electrons. The number of amides is 1. The molecule has 1 aromatic rings. The first-order chi connectivity index (χ1) is 13.1. The molecule has 0 saturated carbocycles. The maximum Gasteiger partial charge on any atom is 0.417 e. The lowest BCUT2D eigenvalue weighted by atomic mass is 9.62. The zero-order chi connectivity index (χ0) is 20.1. The molecule has 4 fully saturated rings. The van der Waals surface area contributed by atoms with Crippen LogP contribution in [0.2, 0.25) is 0 Å². The van der Waals surface area contributed by atoms with Gasteiger partial charge in [-0.3, -0.25) is 9.69 Å². The number of fused-ring (bicyclic) bond motifs is 2. The molecule has 4 saturated heterocycles. The third-order valence-electron chi connectivity index (χ3n) is 7.22. The molecule has 6 atom stereocenters. The minimum absolute atomic E-state index is 0.114. The lowest BCUT2D eigenvalue weighted by molar-refractivity contribution is -0.141. The first-order valence-corrected chi connectivity index (χ1v) is 9.38. The zero-order valence-electron chi connectivity index (χ0n) is 15.4. The molecule has 8 heteroatoms. The predicted molar refractivity (Wildman–Crippen MR) is 91.0 cm³/mol. The summed E-state index contributed by atoms with van der Waals surface area (Å²) in [6.45, 7) is 4.39. The van der Waals surface area contributed by atoms with Gasteiger partial charge in [-0.2, -0.15) is 18.4 Å². The molecule has 1 amide bonds. The molecule has 148 valence electrons. The number of anilines is 1. The highest BCUT2D eigenvalue weighted by Gasteiger charge is 2.77. The van der Waals surface area contributed by atoms with Gasteiger partial charge in [0.2, 0.25) is 5.91 Å². The van der Waals surface area contributed by atoms with Crippen molar-refractivity contribution >= 4 is 11.6 Å². The smallest absolute Gasteiger partial charge is 0.367 e. The van der Waals surface area contributed by atoms with Crippen LogP contribution >= 0.6 is 0 Å². The molecular formula is C20H19F3N2O3. The van der Waals surface area contributed by atoms with Crippen LogP contribution < -0.4 is 4.90 Å². The van der Waals surface area contributed by atoms with Gasteiger partial charge in [0.25, 0.3) is 0 Å². The number of hydrogen-bond acceptors (Lipinski definition) is 4. The maximum absolute atomic E-state index is 13.4. The Morgan fingerprint density at radius 1 is 1.36 bits per heavy atom. The van der Waals surface area contributed by atoms with Gasteiger partial charge in [-0.05, 0) is 37.5 Å². The average Bonchev–Trinajstić information content (AvgIpc) is 3.17. The number of hydrogen-bond donors (Lipinski definition) is 0. The second kappa shape index (κ2) is 5.28. The van der Waals surface area contributed by atoms with Crippen molar-refractivity contribution in [1.82, 2.24) is 0 Å². The molecule has 4 aliphatic heterocycles. The van der Waals surface area contributed by atoms with E-state index in [0.29, 0.717) is 13.0 Å². The zero-order valence-corrected chi connectivity index (χ0v) is 15.4. The molecule has 2 bridgehead atoms. The van der Waals surface area contributed by atoms with Gasteiger partial charge in [-0.15, -0.1) is 0 Å². The average molecular weight is 392 g/mol. The van der Waals surface area contributed by atoms with Crippen molar-refractivity contribution in [1.29, 1.82) is 5.26 Å². The number of carbonyl (C=O) groups is 1. The summed E-state index contributed by atoms with van der Waals surface area (Å²) in [7, 11) is 0. The first kappa shape index (κ1) is 18.0. The van der Waals surface area contributed by atoms with Gasteiger partial charge in [-0.25, -0.2) is 0 Å². The number of nitrogens with zero attached hydrogens (tertiary/aromatic N) is 2. The third kappa shape index (κ3) is 2.01. The molecule has 28 heavy (non-hydrogen) atoms. The van der Waals surface area contributed by atoms with Gasteiger partial charge in [-0.1, -0.05) is 6.92 Å². The number of benzene rings is 1. The molecule has 1 spiro atoms. The minimum atomic E-state index is -4.68. The normalized spacial score (nSPS) is 41.3. The summed E-state index contributed by atoms with van der Waals surface area (Å²) in [4.78, 5) is 14.8. The predicted octanol–water partition coefficient (Wildman–Crippen LogP) is 3.47. The summed E-state index contributed by atoms with van der Waals surface area (Å²) < 4.78 is 52.6. The molecule has 0 unspecified atom stereocenters. The Morgan fingerprint density at radius 2 is 2.11 bits per heavy atom. The molecule has 5 nitrogen and oxygen atoms in total. The number of carbonyl (C=O) groups excluding carboxylic acids is 1. The Morgan fingerprint density at radius 3 is 2.79 bits per heavy atom. The first-order valence-electron chi connectivity index (χ1n) is 9.38. The highest BCUT2D eigenvalue weighted by molar-refractivity contribution is 6.00. The van der Waals surface area contributed by atoms with E-state index in [4.69, 9.17) is 14.7 Å². The van der Waals surface area contributed by atoms with Gasteiger partial charge in [0.1, 0.15) is 6.23 Å². The molecular weight excluding hydrogens is 373 g/mol. The van der Waals surface area contributed by atoms with Crippen molar-refractivity contribution in [2.75, 3.05) is 11.5 Å². The Hall–Kier alpha value is -2.11. The molecule has 0 aliphatic carbocycles. The summed E-state index contributed by atoms with van der Waals surface area (Å²) in [5.74, 6) is -0.708. The minimum Gasteiger partial charge on any atom is -0.367 e. The molecule has 5 rings (SSSR count). The van der Waals surface area contributed by atoms with E-state index in [1.165, 1.54) is 11.0 Å². The summed E-state index contributed by atoms with van der Waals surface area (Å²) in [5, 5.41) is 9.03. The van der Waals surface area contributed by atoms with E-state index in [2.05, 4.69) is 6.92 Å². The molecule has 1 aromatic carbocycles.